The summed E-state index contributed by atoms with van der Waals surface area (Å²) in [6.45, 7) is -0.317. The lowest BCUT2D eigenvalue weighted by molar-refractivity contribution is -0.265. The van der Waals surface area contributed by atoms with Crippen molar-refractivity contribution in [3.63, 3.8) is 0 Å². The van der Waals surface area contributed by atoms with Gasteiger partial charge in [0.05, 0.1) is 29.7 Å². The third-order valence-corrected chi connectivity index (χ3v) is 7.07. The Morgan fingerprint density at radius 1 is 1.10 bits per heavy atom. The monoisotopic (exact) mass is 587 g/mol. The molecule has 4 aromatic rings. The van der Waals surface area contributed by atoms with Crippen LogP contribution in [-0.2, 0) is 15.8 Å². The first-order chi connectivity index (χ1) is 19.7. The van der Waals surface area contributed by atoms with Crippen molar-refractivity contribution in [2.45, 2.75) is 24.1 Å². The summed E-state index contributed by atoms with van der Waals surface area (Å²) in [7, 11) is 0. The van der Waals surface area contributed by atoms with Gasteiger partial charge in [0.25, 0.3) is 5.91 Å². The molecule has 14 heteroatoms. The summed E-state index contributed by atoms with van der Waals surface area (Å²) in [6.07, 6.45) is -3.07. The first-order valence-electron chi connectivity index (χ1n) is 12.4. The van der Waals surface area contributed by atoms with Crippen LogP contribution in [0.2, 0.25) is 0 Å². The average Bonchev–Trinajstić information content (AvgIpc) is 3.57. The molecule has 218 valence electrons. The van der Waals surface area contributed by atoms with Crippen LogP contribution in [0.4, 0.5) is 22.0 Å². The van der Waals surface area contributed by atoms with E-state index in [-0.39, 0.29) is 34.7 Å². The summed E-state index contributed by atoms with van der Waals surface area (Å²) >= 11 is 0. The molecule has 2 aromatic carbocycles. The predicted octanol–water partition coefficient (Wildman–Crippen LogP) is 3.53. The van der Waals surface area contributed by atoms with Crippen molar-refractivity contribution >= 4 is 11.8 Å². The molecule has 42 heavy (non-hydrogen) atoms. The number of fused-ring (bicyclic) bond motifs is 1. The molecule has 3 heterocycles. The van der Waals surface area contributed by atoms with E-state index < -0.39 is 52.9 Å². The second kappa shape index (κ2) is 10.2. The minimum absolute atomic E-state index is 0.0478. The van der Waals surface area contributed by atoms with Crippen molar-refractivity contribution in [2.75, 3.05) is 13.2 Å². The highest BCUT2D eigenvalue weighted by Crippen LogP contribution is 2.47. The summed E-state index contributed by atoms with van der Waals surface area (Å²) in [5, 5.41) is 17.1. The van der Waals surface area contributed by atoms with Gasteiger partial charge in [-0.25, -0.2) is 18.4 Å². The summed E-state index contributed by atoms with van der Waals surface area (Å²) in [5.74, 6) is -3.07. The summed E-state index contributed by atoms with van der Waals surface area (Å²) in [6, 6.07) is 10.6. The number of carbonyl (C=O) groups excluding carboxylic acids is 2. The number of aliphatic hydroxyl groups is 1. The highest BCUT2D eigenvalue weighted by atomic mass is 19.4. The van der Waals surface area contributed by atoms with Crippen LogP contribution in [0.25, 0.3) is 16.9 Å². The van der Waals surface area contributed by atoms with Crippen LogP contribution in [0.1, 0.15) is 28.5 Å². The lowest BCUT2D eigenvalue weighted by atomic mass is 9.81. The maximum absolute atomic E-state index is 14.5. The number of carbonyl (C=O) groups is 2. The van der Waals surface area contributed by atoms with E-state index in [0.29, 0.717) is 5.69 Å². The molecule has 0 unspecified atom stereocenters. The number of benzene rings is 2. The van der Waals surface area contributed by atoms with E-state index in [1.54, 1.807) is 0 Å². The van der Waals surface area contributed by atoms with Gasteiger partial charge in [-0.05, 0) is 61.5 Å². The predicted molar refractivity (Wildman–Crippen MR) is 137 cm³/mol. The van der Waals surface area contributed by atoms with E-state index in [1.165, 1.54) is 42.1 Å². The van der Waals surface area contributed by atoms with Crippen LogP contribution in [0.15, 0.2) is 67.0 Å². The number of nitrogens with one attached hydrogen (secondary N) is 1. The minimum atomic E-state index is -5.37. The molecule has 4 N–H and O–H groups in total. The van der Waals surface area contributed by atoms with Gasteiger partial charge in [0.15, 0.2) is 0 Å². The lowest BCUT2D eigenvalue weighted by Crippen LogP contribution is -2.51. The third kappa shape index (κ3) is 4.93. The number of ether oxygens (including phenoxy) is 1. The largest absolute Gasteiger partial charge is 0.489 e. The SMILES string of the molecule is C[C@]1(C(N)=O)COc2c1cc([C@@](O)(CNC(=O)c1cnn(-c3ccc(F)cc3)c1)C(F)(F)F)nc2-c1ccc(F)cc1. The number of primary amides is 1. The number of halogens is 5. The molecule has 0 spiro atoms. The fourth-order valence-electron chi connectivity index (χ4n) is 4.42. The van der Waals surface area contributed by atoms with Gasteiger partial charge in [-0.3, -0.25) is 9.59 Å². The third-order valence-electron chi connectivity index (χ3n) is 7.07. The number of pyridine rings is 1. The van der Waals surface area contributed by atoms with E-state index in [1.807, 2.05) is 0 Å². The van der Waals surface area contributed by atoms with Crippen molar-refractivity contribution in [1.29, 1.82) is 0 Å². The zero-order valence-corrected chi connectivity index (χ0v) is 21.7. The van der Waals surface area contributed by atoms with Gasteiger partial charge < -0.3 is 20.9 Å². The maximum Gasteiger partial charge on any atom is 0.424 e. The molecule has 0 bridgehead atoms. The molecule has 0 saturated heterocycles. The molecule has 1 aliphatic rings. The number of nitrogens with zero attached hydrogens (tertiary/aromatic N) is 3. The molecule has 2 atom stereocenters. The first-order valence-corrected chi connectivity index (χ1v) is 12.4. The second-order valence-electron chi connectivity index (χ2n) is 9.92. The molecular formula is C28H22F5N5O4. The molecule has 0 aliphatic carbocycles. The van der Waals surface area contributed by atoms with Gasteiger partial charge in [-0.2, -0.15) is 18.3 Å². The standard InChI is InChI=1S/C28H22F5N5O4/c1-26(25(34)40)14-42-23-20(26)10-21(37-22(23)15-2-4-17(29)5-3-15)27(41,28(31,32)33)13-35-24(39)16-11-36-38(12-16)19-8-6-18(30)7-9-19/h2-12,41H,13-14H2,1H3,(H2,34,40)(H,35,39)/t26-,27-/m0/s1. The smallest absolute Gasteiger partial charge is 0.424 e. The van der Waals surface area contributed by atoms with Crippen LogP contribution >= 0.6 is 0 Å². The number of hydrogen-bond acceptors (Lipinski definition) is 6. The molecule has 2 amide bonds. The highest BCUT2D eigenvalue weighted by molar-refractivity contribution is 5.94. The Bertz CT molecular complexity index is 1670. The van der Waals surface area contributed by atoms with E-state index in [9.17, 15) is 36.6 Å². The molecule has 0 saturated carbocycles. The van der Waals surface area contributed by atoms with Crippen LogP contribution in [0, 0.1) is 11.6 Å². The Balaban J connectivity index is 1.53. The van der Waals surface area contributed by atoms with Crippen LogP contribution in [0.5, 0.6) is 5.75 Å². The Morgan fingerprint density at radius 3 is 2.31 bits per heavy atom. The number of hydrogen-bond donors (Lipinski definition) is 3. The Hall–Kier alpha value is -4.85. The molecule has 5 rings (SSSR count). The molecule has 1 aliphatic heterocycles. The second-order valence-corrected chi connectivity index (χ2v) is 9.92. The Morgan fingerprint density at radius 2 is 1.71 bits per heavy atom. The fraction of sp³-hybridized carbons (Fsp3) is 0.214. The molecular weight excluding hydrogens is 565 g/mol. The van der Waals surface area contributed by atoms with Gasteiger partial charge in [-0.15, -0.1) is 0 Å². The lowest BCUT2D eigenvalue weighted by Gasteiger charge is -2.31. The highest BCUT2D eigenvalue weighted by Gasteiger charge is 2.57. The maximum atomic E-state index is 14.5. The number of nitrogens with two attached hydrogens (primary N) is 1. The van der Waals surface area contributed by atoms with Gasteiger partial charge in [0.2, 0.25) is 11.5 Å². The number of aromatic nitrogens is 3. The number of alkyl halides is 3. The van der Waals surface area contributed by atoms with Crippen molar-refractivity contribution in [3.8, 4) is 22.7 Å². The van der Waals surface area contributed by atoms with Crippen LogP contribution in [-0.4, -0.2) is 51.0 Å². The zero-order valence-electron chi connectivity index (χ0n) is 21.7. The van der Waals surface area contributed by atoms with E-state index in [2.05, 4.69) is 15.4 Å². The van der Waals surface area contributed by atoms with Gasteiger partial charge in [-0.1, -0.05) is 0 Å². The molecule has 2 aromatic heterocycles. The van der Waals surface area contributed by atoms with Crippen molar-refractivity contribution in [2.24, 2.45) is 5.73 Å². The fourth-order valence-corrected chi connectivity index (χ4v) is 4.42. The summed E-state index contributed by atoms with van der Waals surface area (Å²) < 4.78 is 77.2. The quantitative estimate of drug-likeness (QED) is 0.284. The average molecular weight is 588 g/mol. The van der Waals surface area contributed by atoms with Crippen molar-refractivity contribution in [1.82, 2.24) is 20.1 Å². The molecule has 0 radical (unpaired) electrons. The van der Waals surface area contributed by atoms with Crippen LogP contribution < -0.4 is 15.8 Å². The van der Waals surface area contributed by atoms with E-state index in [0.717, 1.165) is 36.5 Å². The van der Waals surface area contributed by atoms with Crippen molar-refractivity contribution < 1.29 is 41.4 Å². The Kier molecular flexibility index (Phi) is 6.97. The van der Waals surface area contributed by atoms with Gasteiger partial charge in [0.1, 0.15) is 35.1 Å². The van der Waals surface area contributed by atoms with Crippen LogP contribution in [0.3, 0.4) is 0 Å². The minimum Gasteiger partial charge on any atom is -0.489 e. The molecule has 0 fully saturated rings. The summed E-state index contributed by atoms with van der Waals surface area (Å²) in [4.78, 5) is 29.2. The number of amides is 2. The van der Waals surface area contributed by atoms with E-state index >= 15 is 0 Å². The van der Waals surface area contributed by atoms with Gasteiger partial charge >= 0.3 is 6.18 Å². The summed E-state index contributed by atoms with van der Waals surface area (Å²) in [5.41, 5.74) is -0.589. The zero-order chi connectivity index (χ0) is 30.4. The van der Waals surface area contributed by atoms with Crippen molar-refractivity contribution in [3.05, 3.63) is 95.4 Å². The van der Waals surface area contributed by atoms with E-state index in [4.69, 9.17) is 10.5 Å². The normalized spacial score (nSPS) is 17.7. The first kappa shape index (κ1) is 28.7. The topological polar surface area (TPSA) is 132 Å². The Labute approximate surface area is 234 Å². The van der Waals surface area contributed by atoms with Gasteiger partial charge in [0, 0.05) is 17.3 Å². The number of rotatable bonds is 7. The molecule has 9 nitrogen and oxygen atoms in total.